The minimum atomic E-state index is -0.407. The van der Waals surface area contributed by atoms with Gasteiger partial charge < -0.3 is 4.74 Å². The van der Waals surface area contributed by atoms with Crippen molar-refractivity contribution in [3.8, 4) is 0 Å². The molecule has 0 saturated heterocycles. The van der Waals surface area contributed by atoms with Crippen LogP contribution in [0, 0.1) is 0 Å². The Kier molecular flexibility index (Phi) is 2.44. The third kappa shape index (κ3) is 1.79. The molecule has 0 unspecified atom stereocenters. The van der Waals surface area contributed by atoms with Crippen LogP contribution in [0.5, 0.6) is 0 Å². The Morgan fingerprint density at radius 1 is 1.22 bits per heavy atom. The number of carbonyl (C=O) groups is 1. The van der Waals surface area contributed by atoms with E-state index in [1.165, 1.54) is 4.90 Å². The van der Waals surface area contributed by atoms with Crippen molar-refractivity contribution < 1.29 is 9.53 Å². The lowest BCUT2D eigenvalue weighted by Crippen LogP contribution is -2.35. The number of carbonyl (C=O) groups excluding carboxylic acids is 1. The molecule has 3 rings (SSSR count). The number of pyridine rings is 1. The highest BCUT2D eigenvalue weighted by Crippen LogP contribution is 2.14. The molecule has 1 aliphatic heterocycles. The predicted molar refractivity (Wildman–Crippen MR) is 67.4 cm³/mol. The quantitative estimate of drug-likeness (QED) is 0.767. The van der Waals surface area contributed by atoms with E-state index in [0.29, 0.717) is 12.4 Å². The van der Waals surface area contributed by atoms with Crippen molar-refractivity contribution >= 4 is 22.9 Å². The lowest BCUT2D eigenvalue weighted by Gasteiger charge is -2.20. The molecule has 0 fully saturated rings. The van der Waals surface area contributed by atoms with E-state index in [4.69, 9.17) is 4.74 Å². The topological polar surface area (TPSA) is 54.8 Å². The van der Waals surface area contributed by atoms with Crippen LogP contribution in [-0.2, 0) is 4.74 Å². The standard InChI is InChI=1S/C13H11N3O2/c1-16-8-14-12(18-13(16)17)11-7-6-9-4-2-3-5-10(9)15-11/h2-7H,8H2,1H3. The van der Waals surface area contributed by atoms with Crippen LogP contribution in [0.25, 0.3) is 10.9 Å². The smallest absolute Gasteiger partial charge is 0.389 e. The number of para-hydroxylation sites is 1. The van der Waals surface area contributed by atoms with Crippen LogP contribution in [0.1, 0.15) is 5.69 Å². The van der Waals surface area contributed by atoms with Crippen LogP contribution in [0.3, 0.4) is 0 Å². The maximum atomic E-state index is 11.4. The summed E-state index contributed by atoms with van der Waals surface area (Å²) in [5.74, 6) is 0.281. The van der Waals surface area contributed by atoms with Gasteiger partial charge in [0, 0.05) is 12.4 Å². The first kappa shape index (κ1) is 10.7. The molecule has 18 heavy (non-hydrogen) atoms. The van der Waals surface area contributed by atoms with Crippen molar-refractivity contribution in [2.75, 3.05) is 13.7 Å². The number of rotatable bonds is 1. The fraction of sp³-hybridized carbons (Fsp3) is 0.154. The van der Waals surface area contributed by atoms with Gasteiger partial charge in [-0.2, -0.15) is 0 Å². The molecule has 0 N–H and O–H groups in total. The van der Waals surface area contributed by atoms with Crippen LogP contribution in [0.4, 0.5) is 4.79 Å². The van der Waals surface area contributed by atoms with Crippen LogP contribution in [0.15, 0.2) is 41.4 Å². The second-order valence-corrected chi connectivity index (χ2v) is 4.06. The minimum Gasteiger partial charge on any atom is -0.389 e. The molecule has 1 amide bonds. The summed E-state index contributed by atoms with van der Waals surface area (Å²) in [4.78, 5) is 21.4. The van der Waals surface area contributed by atoms with E-state index in [9.17, 15) is 4.79 Å². The fourth-order valence-electron chi connectivity index (χ4n) is 1.74. The van der Waals surface area contributed by atoms with E-state index in [1.54, 1.807) is 13.1 Å². The van der Waals surface area contributed by atoms with Gasteiger partial charge in [-0.15, -0.1) is 0 Å². The molecule has 0 bridgehead atoms. The lowest BCUT2D eigenvalue weighted by molar-refractivity contribution is 0.152. The highest BCUT2D eigenvalue weighted by molar-refractivity contribution is 6.01. The second-order valence-electron chi connectivity index (χ2n) is 4.06. The number of hydrogen-bond donors (Lipinski definition) is 0. The molecule has 1 aromatic heterocycles. The molecule has 0 spiro atoms. The average molecular weight is 241 g/mol. The highest BCUT2D eigenvalue weighted by atomic mass is 16.6. The number of nitrogens with zero attached hydrogens (tertiary/aromatic N) is 3. The molecule has 0 saturated carbocycles. The Morgan fingerprint density at radius 2 is 2.06 bits per heavy atom. The molecule has 0 aliphatic carbocycles. The number of benzene rings is 1. The van der Waals surface area contributed by atoms with Crippen molar-refractivity contribution in [1.29, 1.82) is 0 Å². The number of amides is 1. The van der Waals surface area contributed by atoms with Gasteiger partial charge in [0.2, 0.25) is 5.90 Å². The van der Waals surface area contributed by atoms with Crippen LogP contribution < -0.4 is 0 Å². The van der Waals surface area contributed by atoms with E-state index in [0.717, 1.165) is 10.9 Å². The number of fused-ring (bicyclic) bond motifs is 1. The van der Waals surface area contributed by atoms with Gasteiger partial charge in [0.15, 0.2) is 0 Å². The van der Waals surface area contributed by atoms with Crippen LogP contribution in [0.2, 0.25) is 0 Å². The Hall–Kier alpha value is -2.43. The normalized spacial score (nSPS) is 15.5. The van der Waals surface area contributed by atoms with Crippen molar-refractivity contribution in [2.24, 2.45) is 4.99 Å². The molecule has 90 valence electrons. The molecule has 0 radical (unpaired) electrons. The zero-order valence-corrected chi connectivity index (χ0v) is 9.83. The molecule has 5 heteroatoms. The van der Waals surface area contributed by atoms with Gasteiger partial charge in [0.25, 0.3) is 0 Å². The summed E-state index contributed by atoms with van der Waals surface area (Å²) >= 11 is 0. The summed E-state index contributed by atoms with van der Waals surface area (Å²) in [5.41, 5.74) is 1.43. The van der Waals surface area contributed by atoms with Gasteiger partial charge in [-0.05, 0) is 12.1 Å². The average Bonchev–Trinajstić information content (AvgIpc) is 2.41. The number of ether oxygens (including phenoxy) is 1. The maximum Gasteiger partial charge on any atom is 0.417 e. The summed E-state index contributed by atoms with van der Waals surface area (Å²) in [6, 6.07) is 11.5. The minimum absolute atomic E-state index is 0.281. The van der Waals surface area contributed by atoms with Crippen molar-refractivity contribution in [1.82, 2.24) is 9.88 Å². The molecular weight excluding hydrogens is 230 g/mol. The Balaban J connectivity index is 2.02. The maximum absolute atomic E-state index is 11.4. The summed E-state index contributed by atoms with van der Waals surface area (Å²) < 4.78 is 5.11. The van der Waals surface area contributed by atoms with Gasteiger partial charge in [-0.3, -0.25) is 4.90 Å². The van der Waals surface area contributed by atoms with Gasteiger partial charge in [-0.1, -0.05) is 24.3 Å². The molecule has 0 atom stereocenters. The molecule has 2 heterocycles. The Morgan fingerprint density at radius 3 is 2.89 bits per heavy atom. The fourth-order valence-corrected chi connectivity index (χ4v) is 1.74. The first-order valence-electron chi connectivity index (χ1n) is 5.57. The second kappa shape index (κ2) is 4.10. The van der Waals surface area contributed by atoms with E-state index in [-0.39, 0.29) is 5.90 Å². The molecule has 2 aromatic rings. The van der Waals surface area contributed by atoms with Crippen molar-refractivity contribution in [2.45, 2.75) is 0 Å². The molecule has 1 aromatic carbocycles. The van der Waals surface area contributed by atoms with Gasteiger partial charge in [0.1, 0.15) is 12.4 Å². The number of hydrogen-bond acceptors (Lipinski definition) is 4. The van der Waals surface area contributed by atoms with Gasteiger partial charge in [0.05, 0.1) is 5.52 Å². The predicted octanol–water partition coefficient (Wildman–Crippen LogP) is 2.02. The Labute approximate surface area is 104 Å². The van der Waals surface area contributed by atoms with Gasteiger partial charge >= 0.3 is 6.09 Å². The van der Waals surface area contributed by atoms with Crippen LogP contribution in [-0.4, -0.2) is 35.6 Å². The molecule has 5 nitrogen and oxygen atoms in total. The number of aromatic nitrogens is 1. The summed E-state index contributed by atoms with van der Waals surface area (Å²) in [7, 11) is 1.64. The van der Waals surface area contributed by atoms with Crippen molar-refractivity contribution in [3.63, 3.8) is 0 Å². The van der Waals surface area contributed by atoms with E-state index in [2.05, 4.69) is 9.98 Å². The van der Waals surface area contributed by atoms with Gasteiger partial charge in [-0.25, -0.2) is 14.8 Å². The van der Waals surface area contributed by atoms with E-state index < -0.39 is 6.09 Å². The molecular formula is C13H11N3O2. The zero-order chi connectivity index (χ0) is 12.5. The zero-order valence-electron chi connectivity index (χ0n) is 9.83. The number of cyclic esters (lactones) is 1. The molecule has 1 aliphatic rings. The van der Waals surface area contributed by atoms with E-state index in [1.807, 2.05) is 30.3 Å². The monoisotopic (exact) mass is 241 g/mol. The first-order valence-corrected chi connectivity index (χ1v) is 5.57. The SMILES string of the molecule is CN1CN=C(c2ccc3ccccc3n2)OC1=O. The number of aliphatic imine (C=N–C) groups is 1. The summed E-state index contributed by atoms with van der Waals surface area (Å²) in [6.45, 7) is 0.294. The third-order valence-corrected chi connectivity index (χ3v) is 2.74. The van der Waals surface area contributed by atoms with Crippen LogP contribution >= 0.6 is 0 Å². The first-order chi connectivity index (χ1) is 8.74. The van der Waals surface area contributed by atoms with Crippen molar-refractivity contribution in [3.05, 3.63) is 42.1 Å². The summed E-state index contributed by atoms with van der Waals surface area (Å²) in [6.07, 6.45) is -0.407. The lowest BCUT2D eigenvalue weighted by atomic mass is 10.2. The third-order valence-electron chi connectivity index (χ3n) is 2.74. The summed E-state index contributed by atoms with van der Waals surface area (Å²) in [5, 5.41) is 1.04. The highest BCUT2D eigenvalue weighted by Gasteiger charge is 2.21. The van der Waals surface area contributed by atoms with E-state index >= 15 is 0 Å². The Bertz CT molecular complexity index is 651. The largest absolute Gasteiger partial charge is 0.417 e.